The van der Waals surface area contributed by atoms with Crippen LogP contribution in [-0.4, -0.2) is 5.91 Å². The van der Waals surface area contributed by atoms with Gasteiger partial charge in [-0.05, 0) is 67.3 Å². The monoisotopic (exact) mass is 268 g/mol. The first-order chi connectivity index (χ1) is 9.47. The molecule has 3 N–H and O–H groups in total. The summed E-state index contributed by atoms with van der Waals surface area (Å²) in [6.07, 6.45) is 0. The number of nitrogens with two attached hydrogens (primary N) is 1. The Bertz CT molecular complexity index is 630. The Hall–Kier alpha value is -2.29. The number of nitrogens with one attached hydrogen (secondary N) is 1. The molecule has 0 aliphatic heterocycles. The lowest BCUT2D eigenvalue weighted by Crippen LogP contribution is -2.23. The van der Waals surface area contributed by atoms with Crippen LogP contribution in [0.15, 0.2) is 36.4 Å². The largest absolute Gasteiger partial charge is 0.399 e. The van der Waals surface area contributed by atoms with Crippen LogP contribution in [0.5, 0.6) is 0 Å². The first-order valence-electron chi connectivity index (χ1n) is 6.68. The van der Waals surface area contributed by atoms with Gasteiger partial charge in [0.2, 0.25) is 0 Å². The van der Waals surface area contributed by atoms with E-state index in [0.717, 1.165) is 5.56 Å². The highest BCUT2D eigenvalue weighted by Crippen LogP contribution is 2.15. The molecule has 104 valence electrons. The molecular weight excluding hydrogens is 248 g/mol. The second-order valence-corrected chi connectivity index (χ2v) is 5.17. The van der Waals surface area contributed by atoms with Gasteiger partial charge in [-0.3, -0.25) is 4.79 Å². The lowest BCUT2D eigenvalue weighted by Gasteiger charge is -2.11. The fraction of sp³-hybridized carbons (Fsp3) is 0.235. The molecule has 0 radical (unpaired) electrons. The molecule has 0 aromatic heterocycles. The molecule has 0 unspecified atom stereocenters. The molecule has 0 heterocycles. The average molecular weight is 268 g/mol. The van der Waals surface area contributed by atoms with Crippen LogP contribution in [0.4, 0.5) is 5.69 Å². The topological polar surface area (TPSA) is 55.1 Å². The highest BCUT2D eigenvalue weighted by atomic mass is 16.1. The van der Waals surface area contributed by atoms with Crippen LogP contribution in [0.1, 0.15) is 32.6 Å². The number of carbonyl (C=O) groups is 1. The molecule has 3 heteroatoms. The van der Waals surface area contributed by atoms with Gasteiger partial charge >= 0.3 is 0 Å². The van der Waals surface area contributed by atoms with Crippen molar-refractivity contribution in [3.63, 3.8) is 0 Å². The summed E-state index contributed by atoms with van der Waals surface area (Å²) in [5.41, 5.74) is 11.8. The lowest BCUT2D eigenvalue weighted by atomic mass is 10.0. The van der Waals surface area contributed by atoms with Crippen molar-refractivity contribution in [1.29, 1.82) is 0 Å². The number of anilines is 1. The molecule has 0 atom stereocenters. The van der Waals surface area contributed by atoms with Gasteiger partial charge in [0.25, 0.3) is 5.91 Å². The van der Waals surface area contributed by atoms with E-state index in [-0.39, 0.29) is 5.91 Å². The Kier molecular flexibility index (Phi) is 4.08. The summed E-state index contributed by atoms with van der Waals surface area (Å²) < 4.78 is 0. The highest BCUT2D eigenvalue weighted by Gasteiger charge is 2.07. The Labute approximate surface area is 119 Å². The summed E-state index contributed by atoms with van der Waals surface area (Å²) >= 11 is 0. The van der Waals surface area contributed by atoms with E-state index in [0.29, 0.717) is 17.8 Å². The maximum absolute atomic E-state index is 12.0. The van der Waals surface area contributed by atoms with Crippen LogP contribution in [0, 0.1) is 20.8 Å². The van der Waals surface area contributed by atoms with Gasteiger partial charge in [-0.15, -0.1) is 0 Å². The van der Waals surface area contributed by atoms with Crippen molar-refractivity contribution in [1.82, 2.24) is 5.32 Å². The minimum absolute atomic E-state index is 0.0809. The second kappa shape index (κ2) is 5.78. The number of carbonyl (C=O) groups excluding carboxylic acids is 1. The molecular formula is C17H20N2O. The summed E-state index contributed by atoms with van der Waals surface area (Å²) in [5.74, 6) is -0.0809. The zero-order chi connectivity index (χ0) is 14.7. The fourth-order valence-corrected chi connectivity index (χ4v) is 2.12. The normalized spacial score (nSPS) is 10.3. The maximum atomic E-state index is 12.0. The van der Waals surface area contributed by atoms with E-state index in [1.807, 2.05) is 0 Å². The van der Waals surface area contributed by atoms with E-state index in [9.17, 15) is 4.79 Å². The third-order valence-electron chi connectivity index (χ3n) is 3.56. The number of nitrogen functional groups attached to an aromatic ring is 1. The standard InChI is InChI=1S/C17H20N2O/c1-11-8-13(3)15(9-12(11)2)10-19-17(20)14-4-6-16(18)7-5-14/h4-9H,10,18H2,1-3H3,(H,19,20). The third-order valence-corrected chi connectivity index (χ3v) is 3.56. The van der Waals surface area contributed by atoms with E-state index >= 15 is 0 Å². The smallest absolute Gasteiger partial charge is 0.251 e. The summed E-state index contributed by atoms with van der Waals surface area (Å²) in [6, 6.07) is 11.2. The zero-order valence-electron chi connectivity index (χ0n) is 12.2. The molecule has 0 saturated heterocycles. The minimum Gasteiger partial charge on any atom is -0.399 e. The number of aryl methyl sites for hydroxylation is 3. The van der Waals surface area contributed by atoms with Crippen molar-refractivity contribution in [2.24, 2.45) is 0 Å². The van der Waals surface area contributed by atoms with Crippen LogP contribution >= 0.6 is 0 Å². The van der Waals surface area contributed by atoms with Crippen molar-refractivity contribution in [3.8, 4) is 0 Å². The second-order valence-electron chi connectivity index (χ2n) is 5.17. The van der Waals surface area contributed by atoms with Crippen LogP contribution < -0.4 is 11.1 Å². The van der Waals surface area contributed by atoms with Crippen molar-refractivity contribution < 1.29 is 4.79 Å². The van der Waals surface area contributed by atoms with Gasteiger partial charge in [-0.25, -0.2) is 0 Å². The first kappa shape index (κ1) is 14.1. The molecule has 0 aliphatic rings. The van der Waals surface area contributed by atoms with Gasteiger partial charge in [-0.2, -0.15) is 0 Å². The van der Waals surface area contributed by atoms with Gasteiger partial charge in [0, 0.05) is 17.8 Å². The minimum atomic E-state index is -0.0809. The van der Waals surface area contributed by atoms with E-state index < -0.39 is 0 Å². The molecule has 2 aromatic carbocycles. The predicted molar refractivity (Wildman–Crippen MR) is 82.7 cm³/mol. The van der Waals surface area contributed by atoms with E-state index in [4.69, 9.17) is 5.73 Å². The third kappa shape index (κ3) is 3.18. The lowest BCUT2D eigenvalue weighted by molar-refractivity contribution is 0.0951. The Balaban J connectivity index is 2.07. The summed E-state index contributed by atoms with van der Waals surface area (Å²) in [4.78, 5) is 12.0. The first-order valence-corrected chi connectivity index (χ1v) is 6.68. The van der Waals surface area contributed by atoms with Crippen molar-refractivity contribution in [3.05, 3.63) is 64.2 Å². The highest BCUT2D eigenvalue weighted by molar-refractivity contribution is 5.94. The van der Waals surface area contributed by atoms with Crippen LogP contribution in [0.3, 0.4) is 0 Å². The number of hydrogen-bond acceptors (Lipinski definition) is 2. The van der Waals surface area contributed by atoms with Gasteiger partial charge in [0.1, 0.15) is 0 Å². The van der Waals surface area contributed by atoms with Crippen molar-refractivity contribution in [2.45, 2.75) is 27.3 Å². The molecule has 0 fully saturated rings. The van der Waals surface area contributed by atoms with Gasteiger partial charge < -0.3 is 11.1 Å². The van der Waals surface area contributed by atoms with Crippen LogP contribution in [0.2, 0.25) is 0 Å². The molecule has 0 aliphatic carbocycles. The summed E-state index contributed by atoms with van der Waals surface area (Å²) in [6.45, 7) is 6.78. The summed E-state index contributed by atoms with van der Waals surface area (Å²) in [5, 5.41) is 2.94. The number of hydrogen-bond donors (Lipinski definition) is 2. The van der Waals surface area contributed by atoms with Crippen molar-refractivity contribution >= 4 is 11.6 Å². The number of amides is 1. The van der Waals surface area contributed by atoms with E-state index in [2.05, 4.69) is 38.2 Å². The number of benzene rings is 2. The van der Waals surface area contributed by atoms with Crippen LogP contribution in [-0.2, 0) is 6.54 Å². The molecule has 0 bridgehead atoms. The summed E-state index contributed by atoms with van der Waals surface area (Å²) in [7, 11) is 0. The molecule has 2 aromatic rings. The Morgan fingerprint density at radius 3 is 2.25 bits per heavy atom. The van der Waals surface area contributed by atoms with Gasteiger partial charge in [0.05, 0.1) is 0 Å². The molecule has 20 heavy (non-hydrogen) atoms. The molecule has 1 amide bonds. The average Bonchev–Trinajstić information content (AvgIpc) is 2.42. The Morgan fingerprint density at radius 2 is 1.60 bits per heavy atom. The van der Waals surface area contributed by atoms with Gasteiger partial charge in [0.15, 0.2) is 0 Å². The van der Waals surface area contributed by atoms with E-state index in [1.54, 1.807) is 24.3 Å². The predicted octanol–water partition coefficient (Wildman–Crippen LogP) is 3.12. The van der Waals surface area contributed by atoms with Crippen molar-refractivity contribution in [2.75, 3.05) is 5.73 Å². The quantitative estimate of drug-likeness (QED) is 0.840. The number of rotatable bonds is 3. The van der Waals surface area contributed by atoms with Gasteiger partial charge in [-0.1, -0.05) is 12.1 Å². The van der Waals surface area contributed by atoms with Crippen LogP contribution in [0.25, 0.3) is 0 Å². The molecule has 2 rings (SSSR count). The molecule has 0 spiro atoms. The molecule has 0 saturated carbocycles. The zero-order valence-corrected chi connectivity index (χ0v) is 12.2. The van der Waals surface area contributed by atoms with E-state index in [1.165, 1.54) is 16.7 Å². The molecule has 3 nitrogen and oxygen atoms in total. The Morgan fingerprint density at radius 1 is 1.00 bits per heavy atom. The maximum Gasteiger partial charge on any atom is 0.251 e. The fourth-order valence-electron chi connectivity index (χ4n) is 2.12. The SMILES string of the molecule is Cc1cc(C)c(CNC(=O)c2ccc(N)cc2)cc1C.